The summed E-state index contributed by atoms with van der Waals surface area (Å²) in [6.45, 7) is 3.16. The lowest BCUT2D eigenvalue weighted by Crippen LogP contribution is -2.24. The molecule has 1 aliphatic heterocycles. The number of benzene rings is 2. The van der Waals surface area contributed by atoms with Gasteiger partial charge in [-0.1, -0.05) is 12.1 Å². The summed E-state index contributed by atoms with van der Waals surface area (Å²) in [7, 11) is 0. The summed E-state index contributed by atoms with van der Waals surface area (Å²) in [5.41, 5.74) is 1.95. The standard InChI is InChI=1S/C17H16BrNO4/c1-10-7-12(15(20)13(18)8-10)17(21)19-9-11-3-2-4-14-16(11)23-6-5-22-14/h2-4,7-8,20H,5-6,9H2,1H3,(H,19,21). The molecule has 2 aromatic carbocycles. The zero-order valence-electron chi connectivity index (χ0n) is 12.6. The third kappa shape index (κ3) is 3.27. The number of carbonyl (C=O) groups is 1. The lowest BCUT2D eigenvalue weighted by molar-refractivity contribution is 0.0947. The Kier molecular flexibility index (Phi) is 4.43. The van der Waals surface area contributed by atoms with E-state index in [1.165, 1.54) is 0 Å². The van der Waals surface area contributed by atoms with Gasteiger partial charge >= 0.3 is 0 Å². The summed E-state index contributed by atoms with van der Waals surface area (Å²) in [6.07, 6.45) is 0. The summed E-state index contributed by atoms with van der Waals surface area (Å²) in [6, 6.07) is 8.97. The van der Waals surface area contributed by atoms with E-state index in [4.69, 9.17) is 9.47 Å². The number of ether oxygens (including phenoxy) is 2. The third-order valence-electron chi connectivity index (χ3n) is 3.54. The van der Waals surface area contributed by atoms with E-state index in [9.17, 15) is 9.90 Å². The fourth-order valence-electron chi connectivity index (χ4n) is 2.45. The van der Waals surface area contributed by atoms with Gasteiger partial charge < -0.3 is 19.9 Å². The second kappa shape index (κ2) is 6.50. The van der Waals surface area contributed by atoms with Crippen LogP contribution in [0.5, 0.6) is 17.2 Å². The van der Waals surface area contributed by atoms with E-state index in [1.54, 1.807) is 12.1 Å². The normalized spacial score (nSPS) is 12.8. The maximum Gasteiger partial charge on any atom is 0.255 e. The first-order chi connectivity index (χ1) is 11.1. The summed E-state index contributed by atoms with van der Waals surface area (Å²) in [5.74, 6) is 0.932. The minimum absolute atomic E-state index is 0.0669. The van der Waals surface area contributed by atoms with Crippen LogP contribution in [0.2, 0.25) is 0 Å². The molecule has 0 radical (unpaired) electrons. The highest BCUT2D eigenvalue weighted by atomic mass is 79.9. The van der Waals surface area contributed by atoms with Crippen molar-refractivity contribution >= 4 is 21.8 Å². The van der Waals surface area contributed by atoms with Crippen LogP contribution in [0, 0.1) is 6.92 Å². The van der Waals surface area contributed by atoms with E-state index >= 15 is 0 Å². The minimum atomic E-state index is -0.346. The lowest BCUT2D eigenvalue weighted by Gasteiger charge is -2.21. The number of hydrogen-bond acceptors (Lipinski definition) is 4. The fourth-order valence-corrected chi connectivity index (χ4v) is 3.03. The molecular formula is C17H16BrNO4. The van der Waals surface area contributed by atoms with Gasteiger partial charge in [0.25, 0.3) is 5.91 Å². The number of rotatable bonds is 3. The molecular weight excluding hydrogens is 362 g/mol. The topological polar surface area (TPSA) is 67.8 Å². The number of halogens is 1. The number of carbonyl (C=O) groups excluding carboxylic acids is 1. The lowest BCUT2D eigenvalue weighted by atomic mass is 10.1. The molecule has 0 aliphatic carbocycles. The van der Waals surface area contributed by atoms with Gasteiger partial charge in [0.2, 0.25) is 0 Å². The van der Waals surface area contributed by atoms with Crippen molar-refractivity contribution in [1.29, 1.82) is 0 Å². The van der Waals surface area contributed by atoms with Gasteiger partial charge in [-0.15, -0.1) is 0 Å². The number of aromatic hydroxyl groups is 1. The van der Waals surface area contributed by atoms with Crippen molar-refractivity contribution in [2.24, 2.45) is 0 Å². The fraction of sp³-hybridized carbons (Fsp3) is 0.235. The summed E-state index contributed by atoms with van der Waals surface area (Å²) < 4.78 is 11.6. The molecule has 23 heavy (non-hydrogen) atoms. The molecule has 3 rings (SSSR count). The second-order valence-electron chi connectivity index (χ2n) is 5.27. The molecule has 0 spiro atoms. The quantitative estimate of drug-likeness (QED) is 0.861. The molecule has 0 aromatic heterocycles. The highest BCUT2D eigenvalue weighted by Gasteiger charge is 2.18. The van der Waals surface area contributed by atoms with Gasteiger partial charge in [0.15, 0.2) is 11.5 Å². The molecule has 0 fully saturated rings. The first-order valence-corrected chi connectivity index (χ1v) is 8.00. The third-order valence-corrected chi connectivity index (χ3v) is 4.14. The summed E-state index contributed by atoms with van der Waals surface area (Å²) in [4.78, 5) is 12.3. The van der Waals surface area contributed by atoms with E-state index in [2.05, 4.69) is 21.2 Å². The van der Waals surface area contributed by atoms with E-state index in [-0.39, 0.29) is 23.8 Å². The van der Waals surface area contributed by atoms with Crippen molar-refractivity contribution in [3.63, 3.8) is 0 Å². The molecule has 0 bridgehead atoms. The van der Waals surface area contributed by atoms with E-state index in [0.717, 1.165) is 11.1 Å². The predicted molar refractivity (Wildman–Crippen MR) is 89.1 cm³/mol. The van der Waals surface area contributed by atoms with Crippen molar-refractivity contribution in [3.8, 4) is 17.2 Å². The molecule has 6 heteroatoms. The molecule has 120 valence electrons. The van der Waals surface area contributed by atoms with Crippen molar-refractivity contribution < 1.29 is 19.4 Å². The van der Waals surface area contributed by atoms with Crippen molar-refractivity contribution in [2.45, 2.75) is 13.5 Å². The van der Waals surface area contributed by atoms with Crippen LogP contribution in [-0.2, 0) is 6.54 Å². The minimum Gasteiger partial charge on any atom is -0.506 e. The number of para-hydroxylation sites is 1. The molecule has 5 nitrogen and oxygen atoms in total. The average Bonchev–Trinajstić information content (AvgIpc) is 2.55. The highest BCUT2D eigenvalue weighted by molar-refractivity contribution is 9.10. The van der Waals surface area contributed by atoms with Crippen LogP contribution in [0.15, 0.2) is 34.8 Å². The van der Waals surface area contributed by atoms with E-state index in [1.807, 2.05) is 25.1 Å². The Morgan fingerprint density at radius 3 is 2.91 bits per heavy atom. The Balaban J connectivity index is 1.78. The number of phenolic OH excluding ortho intramolecular Hbond substituents is 1. The Morgan fingerprint density at radius 2 is 2.09 bits per heavy atom. The Labute approximate surface area is 142 Å². The van der Waals surface area contributed by atoms with Crippen LogP contribution in [0.3, 0.4) is 0 Å². The van der Waals surface area contributed by atoms with E-state index < -0.39 is 0 Å². The van der Waals surface area contributed by atoms with Gasteiger partial charge in [0.05, 0.1) is 10.0 Å². The second-order valence-corrected chi connectivity index (χ2v) is 6.12. The van der Waals surface area contributed by atoms with Gasteiger partial charge in [0.1, 0.15) is 19.0 Å². The molecule has 0 unspecified atom stereocenters. The van der Waals surface area contributed by atoms with Gasteiger partial charge in [-0.3, -0.25) is 4.79 Å². The molecule has 1 heterocycles. The van der Waals surface area contributed by atoms with Crippen LogP contribution in [0.4, 0.5) is 0 Å². The maximum atomic E-state index is 12.3. The first-order valence-electron chi connectivity index (χ1n) is 7.21. The maximum absolute atomic E-state index is 12.3. The predicted octanol–water partition coefficient (Wildman–Crippen LogP) is 3.16. The zero-order valence-corrected chi connectivity index (χ0v) is 14.1. The van der Waals surface area contributed by atoms with E-state index in [0.29, 0.717) is 29.2 Å². The summed E-state index contributed by atoms with van der Waals surface area (Å²) >= 11 is 3.24. The largest absolute Gasteiger partial charge is 0.506 e. The van der Waals surface area contributed by atoms with Crippen LogP contribution in [0.25, 0.3) is 0 Å². The molecule has 2 N–H and O–H groups in total. The van der Waals surface area contributed by atoms with Gasteiger partial charge in [-0.25, -0.2) is 0 Å². The number of phenols is 1. The molecule has 0 saturated carbocycles. The van der Waals surface area contributed by atoms with Crippen LogP contribution >= 0.6 is 15.9 Å². The van der Waals surface area contributed by atoms with Crippen molar-refractivity contribution in [1.82, 2.24) is 5.32 Å². The van der Waals surface area contributed by atoms with Gasteiger partial charge in [0, 0.05) is 12.1 Å². The SMILES string of the molecule is Cc1cc(Br)c(O)c(C(=O)NCc2cccc3c2OCCO3)c1. The molecule has 1 amide bonds. The van der Waals surface area contributed by atoms with Crippen molar-refractivity contribution in [2.75, 3.05) is 13.2 Å². The van der Waals surface area contributed by atoms with Gasteiger partial charge in [-0.05, 0) is 46.6 Å². The molecule has 2 aromatic rings. The van der Waals surface area contributed by atoms with Crippen LogP contribution < -0.4 is 14.8 Å². The Morgan fingerprint density at radius 1 is 1.30 bits per heavy atom. The first kappa shape index (κ1) is 15.7. The van der Waals surface area contributed by atoms with Crippen LogP contribution in [0.1, 0.15) is 21.5 Å². The highest BCUT2D eigenvalue weighted by Crippen LogP contribution is 2.34. The number of fused-ring (bicyclic) bond motifs is 1. The Bertz CT molecular complexity index is 760. The molecule has 0 saturated heterocycles. The number of hydrogen-bond donors (Lipinski definition) is 2. The number of amides is 1. The van der Waals surface area contributed by atoms with Gasteiger partial charge in [-0.2, -0.15) is 0 Å². The molecule has 1 aliphatic rings. The monoisotopic (exact) mass is 377 g/mol. The van der Waals surface area contributed by atoms with Crippen molar-refractivity contribution in [3.05, 3.63) is 51.5 Å². The average molecular weight is 378 g/mol. The summed E-state index contributed by atoms with van der Waals surface area (Å²) in [5, 5.41) is 12.8. The van der Waals surface area contributed by atoms with Crippen LogP contribution in [-0.4, -0.2) is 24.2 Å². The number of aryl methyl sites for hydroxylation is 1. The zero-order chi connectivity index (χ0) is 16.4. The Hall–Kier alpha value is -2.21. The smallest absolute Gasteiger partial charge is 0.255 e. The molecule has 0 atom stereocenters. The number of nitrogens with one attached hydrogen (secondary N) is 1.